The molecule has 0 spiro atoms. The number of allylic oxidation sites excluding steroid dienone is 12. The van der Waals surface area contributed by atoms with Crippen molar-refractivity contribution in [1.29, 1.82) is 0 Å². The molecule has 62 heavy (non-hydrogen) atoms. The lowest BCUT2D eigenvalue weighted by molar-refractivity contribution is -0.870. The summed E-state index contributed by atoms with van der Waals surface area (Å²) >= 11 is 0. The molecule has 0 radical (unpaired) electrons. The van der Waals surface area contributed by atoms with Crippen LogP contribution in [0.25, 0.3) is 0 Å². The summed E-state index contributed by atoms with van der Waals surface area (Å²) in [6.45, 7) is 4.22. The van der Waals surface area contributed by atoms with E-state index in [9.17, 15) is 19.0 Å². The number of nitrogens with zero attached hydrogens (tertiary/aromatic N) is 1. The van der Waals surface area contributed by atoms with Gasteiger partial charge in [0.1, 0.15) is 19.8 Å². The van der Waals surface area contributed by atoms with Crippen molar-refractivity contribution in [2.24, 2.45) is 0 Å². The first kappa shape index (κ1) is 59.5. The van der Waals surface area contributed by atoms with E-state index in [1.807, 2.05) is 51.5 Å². The number of phosphoric acid groups is 1. The highest BCUT2D eigenvalue weighted by Crippen LogP contribution is 2.43. The minimum absolute atomic E-state index is 0.0174. The van der Waals surface area contributed by atoms with Gasteiger partial charge in [0.25, 0.3) is 0 Å². The van der Waals surface area contributed by atoms with Gasteiger partial charge in [-0.25, -0.2) is 4.57 Å². The zero-order chi connectivity index (χ0) is 45.7. The molecule has 0 rings (SSSR count). The molecule has 1 N–H and O–H groups in total. The van der Waals surface area contributed by atoms with Gasteiger partial charge in [-0.1, -0.05) is 189 Å². The molecular weight excluding hydrogens is 798 g/mol. The summed E-state index contributed by atoms with van der Waals surface area (Å²) < 4.78 is 34.3. The van der Waals surface area contributed by atoms with Gasteiger partial charge in [0.15, 0.2) is 6.10 Å². The fourth-order valence-electron chi connectivity index (χ4n) is 6.46. The molecule has 0 heterocycles. The van der Waals surface area contributed by atoms with Crippen molar-refractivity contribution in [3.05, 3.63) is 72.9 Å². The number of phosphoric ester groups is 1. The van der Waals surface area contributed by atoms with Gasteiger partial charge in [-0.2, -0.15) is 0 Å². The maximum absolute atomic E-state index is 12.7. The van der Waals surface area contributed by atoms with E-state index in [0.717, 1.165) is 64.2 Å². The van der Waals surface area contributed by atoms with Gasteiger partial charge >= 0.3 is 19.8 Å². The van der Waals surface area contributed by atoms with Gasteiger partial charge in [-0.15, -0.1) is 0 Å². The van der Waals surface area contributed by atoms with Crippen molar-refractivity contribution >= 4 is 19.8 Å². The summed E-state index contributed by atoms with van der Waals surface area (Å²) in [7, 11) is 1.43. The van der Waals surface area contributed by atoms with Crippen LogP contribution >= 0.6 is 7.82 Å². The normalized spacial score (nSPS) is 14.1. The van der Waals surface area contributed by atoms with Crippen LogP contribution in [0.2, 0.25) is 0 Å². The molecular formula is C52H93NO8P+. The zero-order valence-electron chi connectivity index (χ0n) is 40.3. The highest BCUT2D eigenvalue weighted by Gasteiger charge is 2.27. The van der Waals surface area contributed by atoms with Gasteiger partial charge in [0, 0.05) is 12.8 Å². The van der Waals surface area contributed by atoms with Gasteiger partial charge in [-0.3, -0.25) is 18.6 Å². The van der Waals surface area contributed by atoms with Crippen LogP contribution in [0.15, 0.2) is 72.9 Å². The second-order valence-electron chi connectivity index (χ2n) is 17.5. The first-order chi connectivity index (χ1) is 30.0. The molecule has 10 heteroatoms. The predicted molar refractivity (Wildman–Crippen MR) is 261 cm³/mol. The van der Waals surface area contributed by atoms with Crippen LogP contribution < -0.4 is 0 Å². The molecule has 0 aliphatic heterocycles. The highest BCUT2D eigenvalue weighted by molar-refractivity contribution is 7.47. The minimum Gasteiger partial charge on any atom is -0.462 e. The maximum atomic E-state index is 12.7. The third-order valence-corrected chi connectivity index (χ3v) is 11.3. The first-order valence-electron chi connectivity index (χ1n) is 24.7. The summed E-state index contributed by atoms with van der Waals surface area (Å²) in [6, 6.07) is 0. The van der Waals surface area contributed by atoms with Crippen LogP contribution in [0.4, 0.5) is 0 Å². The Morgan fingerprint density at radius 1 is 0.516 bits per heavy atom. The lowest BCUT2D eigenvalue weighted by Crippen LogP contribution is -2.37. The van der Waals surface area contributed by atoms with Crippen molar-refractivity contribution in [1.82, 2.24) is 0 Å². The average Bonchev–Trinajstić information content (AvgIpc) is 3.23. The molecule has 0 saturated heterocycles. The largest absolute Gasteiger partial charge is 0.472 e. The van der Waals surface area contributed by atoms with Crippen LogP contribution in [0.3, 0.4) is 0 Å². The van der Waals surface area contributed by atoms with Crippen LogP contribution in [-0.4, -0.2) is 74.9 Å². The molecule has 0 saturated carbocycles. The lowest BCUT2D eigenvalue weighted by Gasteiger charge is -2.24. The van der Waals surface area contributed by atoms with Crippen molar-refractivity contribution in [3.8, 4) is 0 Å². The van der Waals surface area contributed by atoms with E-state index in [4.69, 9.17) is 18.5 Å². The summed E-state index contributed by atoms with van der Waals surface area (Å²) in [4.78, 5) is 35.4. The third kappa shape index (κ3) is 46.9. The molecule has 0 bridgehead atoms. The summed E-state index contributed by atoms with van der Waals surface area (Å²) in [5.41, 5.74) is 0. The standard InChI is InChI=1S/C52H92NO8P/c1-6-8-10-12-14-16-18-20-22-23-24-25-26-27-28-29-31-32-34-36-38-40-42-44-51(54)58-48-50(49-60-62(56,57)59-47-46-53(3,4)5)61-52(55)45-43-41-39-37-35-33-30-21-19-17-15-13-11-9-7-2/h9,11,13,15,17,19,21,29-31,36,38,50H,6-8,10,12,14,16,18,20,22-28,32-35,37,39-49H2,1-5H3/p+1/b11-9+,15-13+,19-17+,30-21+,31-29+,38-36+/t50-/m0/s1. The van der Waals surface area contributed by atoms with Crippen molar-refractivity contribution < 1.29 is 42.1 Å². The molecule has 0 fully saturated rings. The highest BCUT2D eigenvalue weighted by atomic mass is 31.2. The molecule has 2 atom stereocenters. The van der Waals surface area contributed by atoms with Crippen LogP contribution in [0.1, 0.15) is 194 Å². The number of quaternary nitrogens is 1. The number of rotatable bonds is 44. The number of hydrogen-bond donors (Lipinski definition) is 1. The second kappa shape index (κ2) is 43.7. The molecule has 1 unspecified atom stereocenters. The molecule has 0 aliphatic rings. The fraction of sp³-hybridized carbons (Fsp3) is 0.731. The Kier molecular flexibility index (Phi) is 41.9. The SMILES string of the molecule is CC/C=C/C=C/C=C/C=C/CCCCCCCC(=O)O[C@@H](COC(=O)CCC/C=C/CC/C=C/CCCCCCCCCCCCCCCC)COP(=O)(O)OCC[N+](C)(C)C. The molecule has 0 aromatic heterocycles. The topological polar surface area (TPSA) is 108 Å². The van der Waals surface area contributed by atoms with Crippen molar-refractivity contribution in [2.45, 2.75) is 200 Å². The molecule has 0 aromatic rings. The second-order valence-corrected chi connectivity index (χ2v) is 19.0. The van der Waals surface area contributed by atoms with Crippen molar-refractivity contribution in [3.63, 3.8) is 0 Å². The van der Waals surface area contributed by atoms with E-state index < -0.39 is 32.5 Å². The van der Waals surface area contributed by atoms with E-state index in [1.54, 1.807) is 0 Å². The van der Waals surface area contributed by atoms with Gasteiger partial charge < -0.3 is 18.9 Å². The Bertz CT molecular complexity index is 1280. The summed E-state index contributed by atoms with van der Waals surface area (Å²) in [5.74, 6) is -0.878. The molecule has 9 nitrogen and oxygen atoms in total. The molecule has 0 aromatic carbocycles. The quantitative estimate of drug-likeness (QED) is 0.0161. The Morgan fingerprint density at radius 3 is 1.52 bits per heavy atom. The number of hydrogen-bond acceptors (Lipinski definition) is 7. The zero-order valence-corrected chi connectivity index (χ0v) is 41.2. The van der Waals surface area contributed by atoms with E-state index in [-0.39, 0.29) is 26.1 Å². The lowest BCUT2D eigenvalue weighted by atomic mass is 10.0. The van der Waals surface area contributed by atoms with Crippen LogP contribution in [0.5, 0.6) is 0 Å². The summed E-state index contributed by atoms with van der Waals surface area (Å²) in [6.07, 6.45) is 55.5. The fourth-order valence-corrected chi connectivity index (χ4v) is 7.20. The maximum Gasteiger partial charge on any atom is 0.472 e. The third-order valence-electron chi connectivity index (χ3n) is 10.3. The Morgan fingerprint density at radius 2 is 0.968 bits per heavy atom. The average molecular weight is 891 g/mol. The van der Waals surface area contributed by atoms with Gasteiger partial charge in [0.2, 0.25) is 0 Å². The number of carbonyl (C=O) groups excluding carboxylic acids is 2. The Balaban J connectivity index is 4.33. The van der Waals surface area contributed by atoms with Crippen LogP contribution in [0, 0.1) is 0 Å². The molecule has 0 aliphatic carbocycles. The molecule has 358 valence electrons. The predicted octanol–water partition coefficient (Wildman–Crippen LogP) is 14.6. The number of ether oxygens (including phenoxy) is 2. The Hall–Kier alpha value is -2.55. The van der Waals surface area contributed by atoms with E-state index in [2.05, 4.69) is 56.4 Å². The van der Waals surface area contributed by atoms with E-state index in [0.29, 0.717) is 23.9 Å². The van der Waals surface area contributed by atoms with Crippen LogP contribution in [-0.2, 0) is 32.7 Å². The Labute approximate surface area is 380 Å². The number of esters is 2. The number of carbonyl (C=O) groups is 2. The first-order valence-corrected chi connectivity index (χ1v) is 26.2. The van der Waals surface area contributed by atoms with Gasteiger partial charge in [-0.05, 0) is 64.2 Å². The smallest absolute Gasteiger partial charge is 0.462 e. The van der Waals surface area contributed by atoms with Gasteiger partial charge in [0.05, 0.1) is 27.7 Å². The number of unbranched alkanes of at least 4 members (excludes halogenated alkanes) is 21. The van der Waals surface area contributed by atoms with Crippen molar-refractivity contribution in [2.75, 3.05) is 47.5 Å². The minimum atomic E-state index is -4.40. The van der Waals surface area contributed by atoms with E-state index >= 15 is 0 Å². The molecule has 0 amide bonds. The monoisotopic (exact) mass is 891 g/mol. The van der Waals surface area contributed by atoms with E-state index in [1.165, 1.54) is 89.9 Å². The number of likely N-dealkylation sites (N-methyl/N-ethyl adjacent to an activating group) is 1. The summed E-state index contributed by atoms with van der Waals surface area (Å²) in [5, 5.41) is 0.